The van der Waals surface area contributed by atoms with Crippen LogP contribution in [0, 0.1) is 4.77 Å². The summed E-state index contributed by atoms with van der Waals surface area (Å²) in [5.74, 6) is 1.43. The largest absolute Gasteiger partial charge is 0.496 e. The summed E-state index contributed by atoms with van der Waals surface area (Å²) >= 11 is 11.4. The monoisotopic (exact) mass is 297 g/mol. The zero-order valence-corrected chi connectivity index (χ0v) is 12.9. The molecule has 1 aromatic heterocycles. The molecule has 6 heteroatoms. The van der Waals surface area contributed by atoms with Gasteiger partial charge in [-0.1, -0.05) is 11.6 Å². The molecule has 1 aromatic carbocycles. The van der Waals surface area contributed by atoms with E-state index in [2.05, 4.69) is 31.0 Å². The van der Waals surface area contributed by atoms with Crippen molar-refractivity contribution < 1.29 is 4.74 Å². The van der Waals surface area contributed by atoms with E-state index in [0.29, 0.717) is 15.5 Å². The summed E-state index contributed by atoms with van der Waals surface area (Å²) in [6.07, 6.45) is 0. The van der Waals surface area contributed by atoms with Gasteiger partial charge in [0.25, 0.3) is 0 Å². The fourth-order valence-corrected chi connectivity index (χ4v) is 2.53. The summed E-state index contributed by atoms with van der Waals surface area (Å²) in [4.78, 5) is 0. The van der Waals surface area contributed by atoms with Crippen molar-refractivity contribution in [3.8, 4) is 17.1 Å². The lowest BCUT2D eigenvalue weighted by Crippen LogP contribution is -2.23. The molecule has 0 unspecified atom stereocenters. The summed E-state index contributed by atoms with van der Waals surface area (Å²) in [6, 6.07) is 5.43. The molecule has 0 radical (unpaired) electrons. The molecule has 19 heavy (non-hydrogen) atoms. The van der Waals surface area contributed by atoms with E-state index in [9.17, 15) is 0 Å². The van der Waals surface area contributed by atoms with Gasteiger partial charge in [-0.05, 0) is 51.2 Å². The van der Waals surface area contributed by atoms with Crippen LogP contribution in [0.2, 0.25) is 5.02 Å². The first kappa shape index (κ1) is 14.1. The molecule has 0 saturated carbocycles. The van der Waals surface area contributed by atoms with Crippen molar-refractivity contribution >= 4 is 23.8 Å². The van der Waals surface area contributed by atoms with Crippen LogP contribution in [0.4, 0.5) is 0 Å². The van der Waals surface area contributed by atoms with Gasteiger partial charge in [0.2, 0.25) is 0 Å². The third-order valence-electron chi connectivity index (χ3n) is 2.75. The van der Waals surface area contributed by atoms with Crippen LogP contribution in [0.15, 0.2) is 18.2 Å². The van der Waals surface area contributed by atoms with Gasteiger partial charge in [-0.15, -0.1) is 0 Å². The van der Waals surface area contributed by atoms with Crippen LogP contribution in [0.3, 0.4) is 0 Å². The van der Waals surface area contributed by atoms with Gasteiger partial charge in [0.1, 0.15) is 5.75 Å². The Labute approximate surface area is 122 Å². The van der Waals surface area contributed by atoms with Crippen molar-refractivity contribution in [2.45, 2.75) is 26.3 Å². The molecule has 4 nitrogen and oxygen atoms in total. The molecule has 0 bridgehead atoms. The number of methoxy groups -OCH3 is 1. The second kappa shape index (κ2) is 4.98. The average Bonchev–Trinajstić information content (AvgIpc) is 2.70. The van der Waals surface area contributed by atoms with Crippen LogP contribution >= 0.6 is 23.8 Å². The minimum atomic E-state index is -0.188. The second-order valence-electron chi connectivity index (χ2n) is 5.20. The van der Waals surface area contributed by atoms with Gasteiger partial charge in [0.05, 0.1) is 12.7 Å². The van der Waals surface area contributed by atoms with Gasteiger partial charge in [-0.3, -0.25) is 9.67 Å². The molecular formula is C13H16ClN3OS. The Hall–Kier alpha value is -1.33. The van der Waals surface area contributed by atoms with Gasteiger partial charge < -0.3 is 4.74 Å². The number of hydrogen-bond donors (Lipinski definition) is 1. The Morgan fingerprint density at radius 3 is 2.63 bits per heavy atom. The van der Waals surface area contributed by atoms with Crippen LogP contribution in [0.25, 0.3) is 11.4 Å². The number of aromatic nitrogens is 3. The molecule has 102 valence electrons. The SMILES string of the molecule is COc1ccc(Cl)cc1-c1n[nH]c(=S)n1C(C)(C)C. The van der Waals surface area contributed by atoms with Crippen molar-refractivity contribution in [3.05, 3.63) is 28.0 Å². The smallest absolute Gasteiger partial charge is 0.195 e. The van der Waals surface area contributed by atoms with E-state index in [4.69, 9.17) is 28.6 Å². The first-order chi connectivity index (χ1) is 8.84. The number of H-pyrrole nitrogens is 1. The third-order valence-corrected chi connectivity index (χ3v) is 3.25. The molecule has 0 spiro atoms. The maximum Gasteiger partial charge on any atom is 0.195 e. The van der Waals surface area contributed by atoms with Crippen molar-refractivity contribution in [2.75, 3.05) is 7.11 Å². The molecule has 0 aliphatic carbocycles. The topological polar surface area (TPSA) is 42.8 Å². The third kappa shape index (κ3) is 2.67. The van der Waals surface area contributed by atoms with Crippen LogP contribution in [0.1, 0.15) is 20.8 Å². The number of halogens is 1. The molecule has 0 aliphatic heterocycles. The Balaban J connectivity index is 2.73. The number of aromatic amines is 1. The molecular weight excluding hydrogens is 282 g/mol. The van der Waals surface area contributed by atoms with Crippen LogP contribution in [-0.4, -0.2) is 21.9 Å². The number of hydrogen-bond acceptors (Lipinski definition) is 3. The van der Waals surface area contributed by atoms with Gasteiger partial charge in [0.15, 0.2) is 10.6 Å². The fourth-order valence-electron chi connectivity index (χ4n) is 1.95. The normalized spacial score (nSPS) is 11.6. The molecule has 0 aliphatic rings. The highest BCUT2D eigenvalue weighted by molar-refractivity contribution is 7.71. The van der Waals surface area contributed by atoms with Gasteiger partial charge >= 0.3 is 0 Å². The molecule has 0 saturated heterocycles. The van der Waals surface area contributed by atoms with E-state index in [-0.39, 0.29) is 5.54 Å². The number of nitrogens with one attached hydrogen (secondary N) is 1. The Kier molecular flexibility index (Phi) is 3.69. The lowest BCUT2D eigenvalue weighted by Gasteiger charge is -2.23. The van der Waals surface area contributed by atoms with Gasteiger partial charge in [-0.2, -0.15) is 5.10 Å². The Morgan fingerprint density at radius 1 is 1.37 bits per heavy atom. The summed E-state index contributed by atoms with van der Waals surface area (Å²) < 4.78 is 7.90. The van der Waals surface area contributed by atoms with E-state index in [1.165, 1.54) is 0 Å². The summed E-state index contributed by atoms with van der Waals surface area (Å²) in [5, 5.41) is 7.77. The lowest BCUT2D eigenvalue weighted by atomic mass is 10.1. The average molecular weight is 298 g/mol. The predicted octanol–water partition coefficient (Wildman–Crippen LogP) is 4.02. The minimum Gasteiger partial charge on any atom is -0.496 e. The van der Waals surface area contributed by atoms with E-state index in [1.54, 1.807) is 13.2 Å². The number of rotatable bonds is 2. The number of nitrogens with zero attached hydrogens (tertiary/aromatic N) is 2. The summed E-state index contributed by atoms with van der Waals surface area (Å²) in [7, 11) is 1.62. The van der Waals surface area contributed by atoms with E-state index < -0.39 is 0 Å². The maximum atomic E-state index is 6.07. The minimum absolute atomic E-state index is 0.188. The second-order valence-corrected chi connectivity index (χ2v) is 6.03. The van der Waals surface area contributed by atoms with Crippen molar-refractivity contribution in [1.29, 1.82) is 0 Å². The fraction of sp³-hybridized carbons (Fsp3) is 0.385. The molecule has 0 atom stereocenters. The van der Waals surface area contributed by atoms with E-state index in [0.717, 1.165) is 11.4 Å². The van der Waals surface area contributed by atoms with Gasteiger partial charge in [0, 0.05) is 10.6 Å². The zero-order chi connectivity index (χ0) is 14.2. The van der Waals surface area contributed by atoms with Crippen LogP contribution < -0.4 is 4.74 Å². The molecule has 2 rings (SSSR count). The molecule has 0 fully saturated rings. The molecule has 1 N–H and O–H groups in total. The number of benzene rings is 1. The first-order valence-electron chi connectivity index (χ1n) is 5.86. The molecule has 0 amide bonds. The molecule has 2 aromatic rings. The highest BCUT2D eigenvalue weighted by Crippen LogP contribution is 2.33. The Morgan fingerprint density at radius 2 is 2.05 bits per heavy atom. The van der Waals surface area contributed by atoms with E-state index in [1.807, 2.05) is 16.7 Å². The maximum absolute atomic E-state index is 6.07. The van der Waals surface area contributed by atoms with Crippen molar-refractivity contribution in [1.82, 2.24) is 14.8 Å². The highest BCUT2D eigenvalue weighted by Gasteiger charge is 2.22. The van der Waals surface area contributed by atoms with Crippen molar-refractivity contribution in [3.63, 3.8) is 0 Å². The highest BCUT2D eigenvalue weighted by atomic mass is 35.5. The summed E-state index contributed by atoms with van der Waals surface area (Å²) in [5.41, 5.74) is 0.629. The predicted molar refractivity (Wildman–Crippen MR) is 79.4 cm³/mol. The van der Waals surface area contributed by atoms with Crippen LogP contribution in [0.5, 0.6) is 5.75 Å². The Bertz CT molecular complexity index is 655. The van der Waals surface area contributed by atoms with Crippen LogP contribution in [-0.2, 0) is 5.54 Å². The summed E-state index contributed by atoms with van der Waals surface area (Å²) in [6.45, 7) is 6.20. The number of ether oxygens (including phenoxy) is 1. The quantitative estimate of drug-likeness (QED) is 0.851. The van der Waals surface area contributed by atoms with Gasteiger partial charge in [-0.25, -0.2) is 0 Å². The first-order valence-corrected chi connectivity index (χ1v) is 6.65. The van der Waals surface area contributed by atoms with Crippen molar-refractivity contribution in [2.24, 2.45) is 0 Å². The standard InChI is InChI=1S/C13H16ClN3OS/c1-13(2,3)17-11(15-16-12(17)19)9-7-8(14)5-6-10(9)18-4/h5-7H,1-4H3,(H,16,19). The molecule has 1 heterocycles. The lowest BCUT2D eigenvalue weighted by molar-refractivity contribution is 0.392. The van der Waals surface area contributed by atoms with E-state index >= 15 is 0 Å². The zero-order valence-electron chi connectivity index (χ0n) is 11.3.